The Labute approximate surface area is 129 Å². The summed E-state index contributed by atoms with van der Waals surface area (Å²) in [5.41, 5.74) is 7.79. The lowest BCUT2D eigenvalue weighted by molar-refractivity contribution is -0.138. The normalized spacial score (nSPS) is 16.2. The lowest BCUT2D eigenvalue weighted by atomic mass is 9.85. The SMILES string of the molecule is NC(Cc1cnc(C2CCC2)n1Cc1ccccc1)C(=O)O. The second-order valence-corrected chi connectivity index (χ2v) is 5.96. The van der Waals surface area contributed by atoms with Crippen molar-refractivity contribution in [2.24, 2.45) is 5.73 Å². The van der Waals surface area contributed by atoms with Gasteiger partial charge < -0.3 is 15.4 Å². The molecule has 0 radical (unpaired) electrons. The zero-order chi connectivity index (χ0) is 15.5. The van der Waals surface area contributed by atoms with E-state index in [1.165, 1.54) is 12.0 Å². The third-order valence-electron chi connectivity index (χ3n) is 4.37. The molecular weight excluding hydrogens is 278 g/mol. The summed E-state index contributed by atoms with van der Waals surface area (Å²) < 4.78 is 2.15. The number of nitrogens with two attached hydrogens (primary N) is 1. The van der Waals surface area contributed by atoms with Gasteiger partial charge in [0.25, 0.3) is 0 Å². The second-order valence-electron chi connectivity index (χ2n) is 5.96. The number of hydrogen-bond donors (Lipinski definition) is 2. The highest BCUT2D eigenvalue weighted by Crippen LogP contribution is 2.36. The molecule has 3 rings (SSSR count). The van der Waals surface area contributed by atoms with Gasteiger partial charge in [-0.1, -0.05) is 36.8 Å². The Morgan fingerprint density at radius 2 is 2.09 bits per heavy atom. The van der Waals surface area contributed by atoms with Crippen LogP contribution in [-0.2, 0) is 17.8 Å². The standard InChI is InChI=1S/C17H21N3O2/c18-15(17(21)22)9-14-10-19-16(13-7-4-8-13)20(14)11-12-5-2-1-3-6-12/h1-3,5-6,10,13,15H,4,7-9,11,18H2,(H,21,22). The van der Waals surface area contributed by atoms with Gasteiger partial charge in [0.2, 0.25) is 0 Å². The first-order valence-electron chi connectivity index (χ1n) is 7.71. The predicted molar refractivity (Wildman–Crippen MR) is 83.7 cm³/mol. The molecule has 1 unspecified atom stereocenters. The van der Waals surface area contributed by atoms with Gasteiger partial charge in [0.1, 0.15) is 11.9 Å². The molecule has 0 spiro atoms. The predicted octanol–water partition coefficient (Wildman–Crippen LogP) is 2.15. The maximum Gasteiger partial charge on any atom is 0.320 e. The summed E-state index contributed by atoms with van der Waals surface area (Å²) in [6, 6.07) is 9.28. The number of aromatic nitrogens is 2. The van der Waals surface area contributed by atoms with Gasteiger partial charge >= 0.3 is 5.97 Å². The van der Waals surface area contributed by atoms with Crippen molar-refractivity contribution in [3.8, 4) is 0 Å². The minimum Gasteiger partial charge on any atom is -0.480 e. The molecule has 0 aliphatic heterocycles. The maximum absolute atomic E-state index is 11.0. The minimum atomic E-state index is -0.974. The van der Waals surface area contributed by atoms with E-state index in [0.29, 0.717) is 18.9 Å². The van der Waals surface area contributed by atoms with E-state index in [1.807, 2.05) is 18.2 Å². The number of imidazole rings is 1. The van der Waals surface area contributed by atoms with Crippen LogP contribution in [0.3, 0.4) is 0 Å². The van der Waals surface area contributed by atoms with Crippen molar-refractivity contribution in [3.05, 3.63) is 53.6 Å². The zero-order valence-corrected chi connectivity index (χ0v) is 12.5. The number of carboxylic acid groups (broad SMARTS) is 1. The summed E-state index contributed by atoms with van der Waals surface area (Å²) in [4.78, 5) is 15.6. The molecule has 3 N–H and O–H groups in total. The number of benzene rings is 1. The summed E-state index contributed by atoms with van der Waals surface area (Å²) in [6.07, 6.45) is 5.67. The monoisotopic (exact) mass is 299 g/mol. The van der Waals surface area contributed by atoms with E-state index in [2.05, 4.69) is 21.7 Å². The van der Waals surface area contributed by atoms with Gasteiger partial charge in [-0.2, -0.15) is 0 Å². The van der Waals surface area contributed by atoms with Gasteiger partial charge in [-0.15, -0.1) is 0 Å². The summed E-state index contributed by atoms with van der Waals surface area (Å²) in [5, 5.41) is 9.04. The van der Waals surface area contributed by atoms with Crippen LogP contribution >= 0.6 is 0 Å². The van der Waals surface area contributed by atoms with Crippen LogP contribution in [0.5, 0.6) is 0 Å². The molecule has 5 nitrogen and oxygen atoms in total. The quantitative estimate of drug-likeness (QED) is 0.856. The van der Waals surface area contributed by atoms with Gasteiger partial charge in [-0.3, -0.25) is 4.79 Å². The first-order valence-corrected chi connectivity index (χ1v) is 7.71. The zero-order valence-electron chi connectivity index (χ0n) is 12.5. The Kier molecular flexibility index (Phi) is 4.24. The van der Waals surface area contributed by atoms with Gasteiger partial charge in [0.15, 0.2) is 0 Å². The molecule has 116 valence electrons. The Morgan fingerprint density at radius 1 is 1.36 bits per heavy atom. The topological polar surface area (TPSA) is 81.1 Å². The van der Waals surface area contributed by atoms with Crippen LogP contribution in [0.25, 0.3) is 0 Å². The lowest BCUT2D eigenvalue weighted by Crippen LogP contribution is -2.33. The molecule has 1 saturated carbocycles. The molecule has 22 heavy (non-hydrogen) atoms. The molecule has 1 aromatic heterocycles. The average molecular weight is 299 g/mol. The van der Waals surface area contributed by atoms with Crippen LogP contribution in [-0.4, -0.2) is 26.7 Å². The van der Waals surface area contributed by atoms with Crippen LogP contribution in [0.4, 0.5) is 0 Å². The molecule has 1 atom stereocenters. The Morgan fingerprint density at radius 3 is 2.68 bits per heavy atom. The number of carbonyl (C=O) groups is 1. The molecular formula is C17H21N3O2. The Balaban J connectivity index is 1.89. The number of nitrogens with zero attached hydrogens (tertiary/aromatic N) is 2. The number of hydrogen-bond acceptors (Lipinski definition) is 3. The minimum absolute atomic E-state index is 0.307. The van der Waals surface area contributed by atoms with Crippen LogP contribution in [0.15, 0.2) is 36.5 Å². The van der Waals surface area contributed by atoms with Gasteiger partial charge in [-0.25, -0.2) is 4.98 Å². The van der Waals surface area contributed by atoms with E-state index in [-0.39, 0.29) is 0 Å². The number of carboxylic acids is 1. The summed E-state index contributed by atoms with van der Waals surface area (Å²) >= 11 is 0. The Bertz CT molecular complexity index is 647. The van der Waals surface area contributed by atoms with Crippen molar-refractivity contribution in [1.29, 1.82) is 0 Å². The average Bonchev–Trinajstić information content (AvgIpc) is 2.81. The first kappa shape index (κ1) is 14.8. The maximum atomic E-state index is 11.0. The molecule has 1 aromatic carbocycles. The van der Waals surface area contributed by atoms with Gasteiger partial charge in [0.05, 0.1) is 0 Å². The lowest BCUT2D eigenvalue weighted by Gasteiger charge is -2.26. The Hall–Kier alpha value is -2.14. The van der Waals surface area contributed by atoms with E-state index in [0.717, 1.165) is 24.4 Å². The van der Waals surface area contributed by atoms with Crippen molar-refractivity contribution in [3.63, 3.8) is 0 Å². The highest BCUT2D eigenvalue weighted by molar-refractivity contribution is 5.73. The number of rotatable bonds is 6. The molecule has 1 aliphatic carbocycles. The number of aliphatic carboxylic acids is 1. The van der Waals surface area contributed by atoms with Crippen LogP contribution < -0.4 is 5.73 Å². The highest BCUT2D eigenvalue weighted by Gasteiger charge is 2.26. The summed E-state index contributed by atoms with van der Waals surface area (Å²) in [7, 11) is 0. The van der Waals surface area contributed by atoms with Crippen molar-refractivity contribution in [1.82, 2.24) is 9.55 Å². The largest absolute Gasteiger partial charge is 0.480 e. The molecule has 1 fully saturated rings. The van der Waals surface area contributed by atoms with E-state index in [9.17, 15) is 4.79 Å². The summed E-state index contributed by atoms with van der Waals surface area (Å²) in [5.74, 6) is 0.596. The fraction of sp³-hybridized carbons (Fsp3) is 0.412. The third kappa shape index (κ3) is 3.04. The smallest absolute Gasteiger partial charge is 0.320 e. The van der Waals surface area contributed by atoms with Crippen molar-refractivity contribution in [2.45, 2.75) is 44.2 Å². The molecule has 2 aromatic rings. The molecule has 5 heteroatoms. The molecule has 0 saturated heterocycles. The van der Waals surface area contributed by atoms with Gasteiger partial charge in [-0.05, 0) is 18.4 Å². The van der Waals surface area contributed by atoms with Crippen molar-refractivity contribution >= 4 is 5.97 Å². The van der Waals surface area contributed by atoms with Crippen LogP contribution in [0.1, 0.15) is 42.3 Å². The molecule has 1 aliphatic rings. The summed E-state index contributed by atoms with van der Waals surface area (Å²) in [6.45, 7) is 0.717. The van der Waals surface area contributed by atoms with Crippen molar-refractivity contribution in [2.75, 3.05) is 0 Å². The third-order valence-corrected chi connectivity index (χ3v) is 4.37. The fourth-order valence-corrected chi connectivity index (χ4v) is 2.84. The molecule has 1 heterocycles. The van der Waals surface area contributed by atoms with Crippen LogP contribution in [0.2, 0.25) is 0 Å². The second kappa shape index (κ2) is 6.32. The van der Waals surface area contributed by atoms with Crippen molar-refractivity contribution < 1.29 is 9.90 Å². The van der Waals surface area contributed by atoms with Crippen LogP contribution in [0, 0.1) is 0 Å². The van der Waals surface area contributed by atoms with E-state index < -0.39 is 12.0 Å². The fourth-order valence-electron chi connectivity index (χ4n) is 2.84. The molecule has 0 amide bonds. The first-order chi connectivity index (χ1) is 10.6. The van der Waals surface area contributed by atoms with E-state index in [1.54, 1.807) is 6.20 Å². The van der Waals surface area contributed by atoms with E-state index in [4.69, 9.17) is 10.8 Å². The molecule has 0 bridgehead atoms. The van der Waals surface area contributed by atoms with Gasteiger partial charge in [0, 0.05) is 30.8 Å². The van der Waals surface area contributed by atoms with E-state index >= 15 is 0 Å². The highest BCUT2D eigenvalue weighted by atomic mass is 16.4.